The summed E-state index contributed by atoms with van der Waals surface area (Å²) >= 11 is 0. The summed E-state index contributed by atoms with van der Waals surface area (Å²) in [6.45, 7) is 4.07. The number of nitrogens with one attached hydrogen (secondary N) is 1. The maximum absolute atomic E-state index is 11.5. The fourth-order valence-electron chi connectivity index (χ4n) is 2.23. The molecular weight excluding hydrogens is 152 g/mol. The Balaban J connectivity index is 1.92. The van der Waals surface area contributed by atoms with Crippen LogP contribution in [-0.2, 0) is 4.79 Å². The van der Waals surface area contributed by atoms with Gasteiger partial charge in [-0.05, 0) is 12.8 Å². The third kappa shape index (κ3) is 1.12. The minimum atomic E-state index is 0.361. The van der Waals surface area contributed by atoms with Crippen molar-refractivity contribution < 1.29 is 4.79 Å². The molecule has 3 aliphatic heterocycles. The maximum Gasteiger partial charge on any atom is 0.223 e. The van der Waals surface area contributed by atoms with Crippen LogP contribution in [-0.4, -0.2) is 36.0 Å². The summed E-state index contributed by atoms with van der Waals surface area (Å²) in [6, 6.07) is 1.03. The number of amides is 1. The van der Waals surface area contributed by atoms with Gasteiger partial charge in [0.15, 0.2) is 0 Å². The lowest BCUT2D eigenvalue weighted by Crippen LogP contribution is -2.69. The number of carbonyl (C=O) groups is 1. The van der Waals surface area contributed by atoms with Crippen molar-refractivity contribution in [3.8, 4) is 0 Å². The number of hydrogen-bond acceptors (Lipinski definition) is 2. The first-order chi connectivity index (χ1) is 5.83. The summed E-state index contributed by atoms with van der Waals surface area (Å²) in [6.07, 6.45) is 2.93. The standard InChI is InChI=1S/C9H16N2O/c1-2-3-9(12)11-7-4-8(11)6-10-5-7/h7-8,10H,2-6H2,1H3/t7-,8+. The zero-order valence-electron chi connectivity index (χ0n) is 7.55. The predicted molar refractivity (Wildman–Crippen MR) is 46.8 cm³/mol. The second-order valence-electron chi connectivity index (χ2n) is 3.75. The van der Waals surface area contributed by atoms with Gasteiger partial charge in [-0.1, -0.05) is 6.92 Å². The Morgan fingerprint density at radius 1 is 1.50 bits per heavy atom. The number of fused-ring (bicyclic) bond motifs is 2. The molecule has 3 rings (SSSR count). The molecule has 12 heavy (non-hydrogen) atoms. The molecule has 0 spiro atoms. The van der Waals surface area contributed by atoms with Crippen molar-refractivity contribution in [3.05, 3.63) is 0 Å². The number of rotatable bonds is 2. The molecule has 0 unspecified atom stereocenters. The van der Waals surface area contributed by atoms with Crippen molar-refractivity contribution in [1.29, 1.82) is 0 Å². The topological polar surface area (TPSA) is 32.3 Å². The normalized spacial score (nSPS) is 32.9. The highest BCUT2D eigenvalue weighted by atomic mass is 16.2. The second kappa shape index (κ2) is 3.05. The zero-order chi connectivity index (χ0) is 8.55. The van der Waals surface area contributed by atoms with E-state index in [-0.39, 0.29) is 0 Å². The molecule has 0 aromatic rings. The van der Waals surface area contributed by atoms with Gasteiger partial charge in [0.25, 0.3) is 0 Å². The Kier molecular flexibility index (Phi) is 2.05. The average Bonchev–Trinajstić information content (AvgIpc) is 2.05. The van der Waals surface area contributed by atoms with Crippen molar-refractivity contribution in [1.82, 2.24) is 10.2 Å². The van der Waals surface area contributed by atoms with Crippen molar-refractivity contribution in [2.45, 2.75) is 38.3 Å². The summed E-state index contributed by atoms with van der Waals surface area (Å²) in [5.41, 5.74) is 0. The summed E-state index contributed by atoms with van der Waals surface area (Å²) in [5, 5.41) is 3.32. The van der Waals surface area contributed by atoms with Crippen LogP contribution in [0.25, 0.3) is 0 Å². The molecule has 3 nitrogen and oxygen atoms in total. The van der Waals surface area contributed by atoms with Gasteiger partial charge in [-0.15, -0.1) is 0 Å². The van der Waals surface area contributed by atoms with Crippen molar-refractivity contribution in [2.24, 2.45) is 0 Å². The van der Waals surface area contributed by atoms with E-state index in [2.05, 4.69) is 17.1 Å². The third-order valence-electron chi connectivity index (χ3n) is 2.84. The summed E-state index contributed by atoms with van der Waals surface area (Å²) in [7, 11) is 0. The number of piperidine rings is 1. The number of piperazine rings is 1. The molecule has 0 aromatic heterocycles. The van der Waals surface area contributed by atoms with Gasteiger partial charge in [0.05, 0.1) is 0 Å². The summed E-state index contributed by atoms with van der Waals surface area (Å²) in [4.78, 5) is 13.6. The van der Waals surface area contributed by atoms with Crippen molar-refractivity contribution in [2.75, 3.05) is 13.1 Å². The van der Waals surface area contributed by atoms with Crippen LogP contribution in [0.5, 0.6) is 0 Å². The van der Waals surface area contributed by atoms with Crippen LogP contribution in [0.2, 0.25) is 0 Å². The molecule has 3 saturated heterocycles. The van der Waals surface area contributed by atoms with Crippen LogP contribution in [0.15, 0.2) is 0 Å². The Labute approximate surface area is 73.1 Å². The molecule has 3 heterocycles. The average molecular weight is 168 g/mol. The molecule has 3 aliphatic rings. The van der Waals surface area contributed by atoms with E-state index < -0.39 is 0 Å². The SMILES string of the molecule is CCCC(=O)N1[C@@H]2CNC[C@H]1C2. The van der Waals surface area contributed by atoms with Gasteiger partial charge < -0.3 is 10.2 Å². The number of hydrogen-bond donors (Lipinski definition) is 1. The van der Waals surface area contributed by atoms with E-state index in [1.165, 1.54) is 6.42 Å². The van der Waals surface area contributed by atoms with Gasteiger partial charge in [0, 0.05) is 31.6 Å². The molecule has 2 atom stereocenters. The van der Waals surface area contributed by atoms with Gasteiger partial charge in [0.2, 0.25) is 5.91 Å². The van der Waals surface area contributed by atoms with Crippen LogP contribution in [0, 0.1) is 0 Å². The summed E-state index contributed by atoms with van der Waals surface area (Å²) < 4.78 is 0. The highest BCUT2D eigenvalue weighted by molar-refractivity contribution is 5.78. The van der Waals surface area contributed by atoms with Gasteiger partial charge in [0.1, 0.15) is 0 Å². The molecule has 1 N–H and O–H groups in total. The molecule has 0 aliphatic carbocycles. The molecule has 0 saturated carbocycles. The van der Waals surface area contributed by atoms with Crippen molar-refractivity contribution >= 4 is 5.91 Å². The number of nitrogens with zero attached hydrogens (tertiary/aromatic N) is 1. The largest absolute Gasteiger partial charge is 0.334 e. The van der Waals surface area contributed by atoms with E-state index in [9.17, 15) is 4.79 Å². The fourth-order valence-corrected chi connectivity index (χ4v) is 2.23. The molecule has 0 radical (unpaired) electrons. The Bertz CT molecular complexity index is 179. The molecule has 2 bridgehead atoms. The molecule has 1 amide bonds. The minimum absolute atomic E-state index is 0.361. The van der Waals surface area contributed by atoms with Crippen LogP contribution >= 0.6 is 0 Å². The van der Waals surface area contributed by atoms with Crippen LogP contribution in [0.4, 0.5) is 0 Å². The van der Waals surface area contributed by atoms with E-state index in [0.717, 1.165) is 25.9 Å². The Hall–Kier alpha value is -0.570. The lowest BCUT2D eigenvalue weighted by atomic mass is 9.88. The quantitative estimate of drug-likeness (QED) is 0.645. The number of carbonyl (C=O) groups excluding carboxylic acids is 1. The van der Waals surface area contributed by atoms with Gasteiger partial charge >= 0.3 is 0 Å². The van der Waals surface area contributed by atoms with E-state index >= 15 is 0 Å². The fraction of sp³-hybridized carbons (Fsp3) is 0.889. The zero-order valence-corrected chi connectivity index (χ0v) is 7.55. The van der Waals surface area contributed by atoms with Gasteiger partial charge in [-0.3, -0.25) is 4.79 Å². The monoisotopic (exact) mass is 168 g/mol. The first-order valence-corrected chi connectivity index (χ1v) is 4.84. The Morgan fingerprint density at radius 3 is 2.67 bits per heavy atom. The third-order valence-corrected chi connectivity index (χ3v) is 2.84. The van der Waals surface area contributed by atoms with Crippen LogP contribution < -0.4 is 5.32 Å². The lowest BCUT2D eigenvalue weighted by Gasteiger charge is -2.53. The molecule has 68 valence electrons. The smallest absolute Gasteiger partial charge is 0.223 e. The molecule has 3 fully saturated rings. The van der Waals surface area contributed by atoms with Crippen LogP contribution in [0.1, 0.15) is 26.2 Å². The first-order valence-electron chi connectivity index (χ1n) is 4.84. The predicted octanol–water partition coefficient (Wildman–Crippen LogP) is 0.359. The highest BCUT2D eigenvalue weighted by Crippen LogP contribution is 2.28. The van der Waals surface area contributed by atoms with Gasteiger partial charge in [-0.25, -0.2) is 0 Å². The minimum Gasteiger partial charge on any atom is -0.334 e. The van der Waals surface area contributed by atoms with Gasteiger partial charge in [-0.2, -0.15) is 0 Å². The van der Waals surface area contributed by atoms with E-state index in [4.69, 9.17) is 0 Å². The second-order valence-corrected chi connectivity index (χ2v) is 3.75. The summed E-state index contributed by atoms with van der Waals surface area (Å²) in [5.74, 6) is 0.361. The van der Waals surface area contributed by atoms with Crippen LogP contribution in [0.3, 0.4) is 0 Å². The molecular formula is C9H16N2O. The molecule has 0 aromatic carbocycles. The Morgan fingerprint density at radius 2 is 2.17 bits per heavy atom. The first kappa shape index (κ1) is 8.05. The van der Waals surface area contributed by atoms with Crippen molar-refractivity contribution in [3.63, 3.8) is 0 Å². The maximum atomic E-state index is 11.5. The highest BCUT2D eigenvalue weighted by Gasteiger charge is 2.43. The van der Waals surface area contributed by atoms with E-state index in [0.29, 0.717) is 18.0 Å². The van der Waals surface area contributed by atoms with E-state index in [1.807, 2.05) is 0 Å². The molecule has 3 heteroatoms. The lowest BCUT2D eigenvalue weighted by molar-refractivity contribution is -0.147. The van der Waals surface area contributed by atoms with E-state index in [1.54, 1.807) is 0 Å².